The lowest BCUT2D eigenvalue weighted by atomic mass is 9.95. The summed E-state index contributed by atoms with van der Waals surface area (Å²) in [5.41, 5.74) is 5.36. The molecular weight excluding hydrogens is 824 g/mol. The summed E-state index contributed by atoms with van der Waals surface area (Å²) in [5.74, 6) is -7.53. The zero-order chi connectivity index (χ0) is 45.3. The molecule has 20 atom stereocenters. The van der Waals surface area contributed by atoms with Crippen LogP contribution in [0, 0.1) is 0 Å². The average Bonchev–Trinajstić information content (AvgIpc) is 3.20. The number of nitrogens with two attached hydrogens (primary N) is 1. The number of aliphatic carboxylic acids is 4. The number of nitrogens with zero attached hydrogens (tertiary/aromatic N) is 1. The van der Waals surface area contributed by atoms with Crippen LogP contribution in [-0.4, -0.2) is 251 Å². The molecule has 0 aromatic rings. The van der Waals surface area contributed by atoms with Crippen molar-refractivity contribution in [2.45, 2.75) is 150 Å². The standard InChI is InChI=1S/C27H41NO25.C6H15N/c28-2-1-3-46-24-10(35)6(31)13(17(51-24)21(40)41)48-26-12(37)8(33)15(19(53-26)23(44)45)49-27-11(36)7(32)14(18(52-27)22(42)43)47-25-9(34)4(29)5(30)16(50-25)20(38)39;1-4-7(5-2)6-3/h4-19,24-27,29-37H,1-3,28H2,(H,38,39)(H,40,41)(H,42,43)(H,44,45);4-6H2,1-3H3/t4-,5-,6+,7+,8+,9-,10-,11-,12-,13-,14-,15-,16-,17-,18-,19-,24+,25+,26+,27+;/m0./s1. The van der Waals surface area contributed by atoms with Crippen LogP contribution < -0.4 is 5.73 Å². The quantitative estimate of drug-likeness (QED) is 0.0603. The molecule has 27 heteroatoms. The predicted octanol–water partition coefficient (Wildman–Crippen LogP) is -7.66. The molecule has 0 aromatic carbocycles. The molecule has 4 saturated heterocycles. The van der Waals surface area contributed by atoms with Gasteiger partial charge in [-0.1, -0.05) is 20.8 Å². The van der Waals surface area contributed by atoms with Crippen LogP contribution in [0.25, 0.3) is 0 Å². The summed E-state index contributed by atoms with van der Waals surface area (Å²) < 4.78 is 41.5. The molecule has 15 N–H and O–H groups in total. The normalized spacial score (nSPS) is 42.2. The van der Waals surface area contributed by atoms with Crippen LogP contribution in [0.2, 0.25) is 0 Å². The predicted molar refractivity (Wildman–Crippen MR) is 187 cm³/mol. The molecule has 0 unspecified atom stereocenters. The minimum Gasteiger partial charge on any atom is -0.479 e. The van der Waals surface area contributed by atoms with Gasteiger partial charge in [-0.05, 0) is 32.6 Å². The van der Waals surface area contributed by atoms with E-state index in [2.05, 4.69) is 25.7 Å². The number of rotatable bonds is 17. The summed E-state index contributed by atoms with van der Waals surface area (Å²) in [6.07, 6.45) is -44.5. The Morgan fingerprint density at radius 1 is 0.467 bits per heavy atom. The highest BCUT2D eigenvalue weighted by Gasteiger charge is 2.58. The molecule has 348 valence electrons. The maximum absolute atomic E-state index is 12.2. The second-order valence-corrected chi connectivity index (χ2v) is 13.9. The van der Waals surface area contributed by atoms with Gasteiger partial charge in [0.25, 0.3) is 0 Å². The number of hydrogen-bond acceptors (Lipinski definition) is 23. The number of hydrogen-bond donors (Lipinski definition) is 14. The highest BCUT2D eigenvalue weighted by Crippen LogP contribution is 2.35. The molecule has 0 radical (unpaired) electrons. The first-order valence-electron chi connectivity index (χ1n) is 18.8. The fraction of sp³-hybridized carbons (Fsp3) is 0.879. The van der Waals surface area contributed by atoms with Gasteiger partial charge < -0.3 is 115 Å². The summed E-state index contributed by atoms with van der Waals surface area (Å²) in [5, 5.41) is 133. The number of aliphatic hydroxyl groups excluding tert-OH is 9. The van der Waals surface area contributed by atoms with E-state index in [-0.39, 0.29) is 19.6 Å². The van der Waals surface area contributed by atoms with E-state index in [0.29, 0.717) is 0 Å². The Labute approximate surface area is 340 Å². The number of carboxylic acid groups (broad SMARTS) is 4. The van der Waals surface area contributed by atoms with Crippen molar-refractivity contribution in [3.63, 3.8) is 0 Å². The molecule has 0 spiro atoms. The van der Waals surface area contributed by atoms with E-state index < -0.39 is 147 Å². The van der Waals surface area contributed by atoms with Crippen LogP contribution in [0.5, 0.6) is 0 Å². The van der Waals surface area contributed by atoms with Gasteiger partial charge in [-0.15, -0.1) is 0 Å². The number of carbonyl (C=O) groups is 4. The molecule has 4 heterocycles. The second kappa shape index (κ2) is 23.0. The highest BCUT2D eigenvalue weighted by molar-refractivity contribution is 5.75. The Kier molecular flexibility index (Phi) is 19.7. The van der Waals surface area contributed by atoms with Gasteiger partial charge in [0.05, 0.1) is 6.61 Å². The Morgan fingerprint density at radius 3 is 1.07 bits per heavy atom. The van der Waals surface area contributed by atoms with Crippen molar-refractivity contribution in [2.75, 3.05) is 32.8 Å². The van der Waals surface area contributed by atoms with E-state index in [9.17, 15) is 85.6 Å². The number of ether oxygens (including phenoxy) is 8. The first kappa shape index (κ1) is 51.5. The first-order valence-corrected chi connectivity index (χ1v) is 18.8. The van der Waals surface area contributed by atoms with Crippen molar-refractivity contribution < 1.29 is 123 Å². The Bertz CT molecular complexity index is 1390. The minimum absolute atomic E-state index is 0.112. The third-order valence-electron chi connectivity index (χ3n) is 10.0. The van der Waals surface area contributed by atoms with Gasteiger partial charge in [-0.3, -0.25) is 0 Å². The van der Waals surface area contributed by atoms with Gasteiger partial charge in [0.2, 0.25) is 0 Å². The van der Waals surface area contributed by atoms with Crippen LogP contribution in [-0.2, 0) is 57.1 Å². The van der Waals surface area contributed by atoms with E-state index in [1.165, 1.54) is 19.6 Å². The zero-order valence-corrected chi connectivity index (χ0v) is 32.5. The SMILES string of the molecule is CCN(CC)CC.NCCCO[C@@H]1O[C@H](C(=O)O)[C@@H](O[C@@H]2O[C@H](C(=O)O)[C@@H](O[C@@H]3O[C@H](C(=O)O)[C@@H](O[C@@H]4O[C@H](C(=O)O)[C@@H](O)[C@H](O)[C@@H]4O)[C@H](O)[C@@H]3O)[C@H](O)[C@@H]2O)[C@H](O)[C@@H]1O. The van der Waals surface area contributed by atoms with Gasteiger partial charge in [-0.2, -0.15) is 0 Å². The molecule has 4 fully saturated rings. The lowest BCUT2D eigenvalue weighted by Gasteiger charge is -2.47. The van der Waals surface area contributed by atoms with Gasteiger partial charge >= 0.3 is 23.9 Å². The van der Waals surface area contributed by atoms with Gasteiger partial charge in [-0.25, -0.2) is 19.2 Å². The van der Waals surface area contributed by atoms with E-state index >= 15 is 0 Å². The average molecular weight is 881 g/mol. The Morgan fingerprint density at radius 2 is 0.767 bits per heavy atom. The number of carboxylic acids is 4. The maximum Gasteiger partial charge on any atom is 0.335 e. The molecule has 0 bridgehead atoms. The lowest BCUT2D eigenvalue weighted by Crippen LogP contribution is -2.68. The van der Waals surface area contributed by atoms with Crippen LogP contribution in [0.1, 0.15) is 27.2 Å². The van der Waals surface area contributed by atoms with E-state index in [1.54, 1.807) is 0 Å². The molecule has 0 saturated carbocycles. The summed E-state index contributed by atoms with van der Waals surface area (Å²) in [6, 6.07) is 0. The molecule has 0 aliphatic carbocycles. The fourth-order valence-electron chi connectivity index (χ4n) is 6.51. The zero-order valence-electron chi connectivity index (χ0n) is 32.5. The van der Waals surface area contributed by atoms with Gasteiger partial charge in [0, 0.05) is 0 Å². The summed E-state index contributed by atoms with van der Waals surface area (Å²) in [7, 11) is 0. The van der Waals surface area contributed by atoms with Gasteiger partial charge in [0.1, 0.15) is 73.2 Å². The van der Waals surface area contributed by atoms with E-state index in [4.69, 9.17) is 43.6 Å². The van der Waals surface area contributed by atoms with Crippen molar-refractivity contribution in [1.29, 1.82) is 0 Å². The molecule has 4 rings (SSSR count). The molecule has 0 amide bonds. The van der Waals surface area contributed by atoms with Crippen molar-refractivity contribution in [2.24, 2.45) is 5.73 Å². The van der Waals surface area contributed by atoms with Crippen molar-refractivity contribution in [3.05, 3.63) is 0 Å². The fourth-order valence-corrected chi connectivity index (χ4v) is 6.51. The first-order chi connectivity index (χ1) is 28.2. The highest BCUT2D eigenvalue weighted by atomic mass is 16.8. The molecule has 27 nitrogen and oxygen atoms in total. The largest absolute Gasteiger partial charge is 0.479 e. The van der Waals surface area contributed by atoms with Crippen LogP contribution >= 0.6 is 0 Å². The second-order valence-electron chi connectivity index (χ2n) is 13.9. The molecule has 4 aliphatic heterocycles. The van der Waals surface area contributed by atoms with Crippen molar-refractivity contribution in [3.8, 4) is 0 Å². The van der Waals surface area contributed by atoms with Crippen LogP contribution in [0.4, 0.5) is 0 Å². The third kappa shape index (κ3) is 12.0. The van der Waals surface area contributed by atoms with Gasteiger partial charge in [0.15, 0.2) is 49.6 Å². The Hall–Kier alpha value is -2.88. The van der Waals surface area contributed by atoms with E-state index in [0.717, 1.165) is 0 Å². The molecular formula is C33H56N2O25. The minimum atomic E-state index is -2.42. The third-order valence-corrected chi connectivity index (χ3v) is 10.0. The van der Waals surface area contributed by atoms with E-state index in [1.807, 2.05) is 0 Å². The summed E-state index contributed by atoms with van der Waals surface area (Å²) in [4.78, 5) is 50.1. The smallest absolute Gasteiger partial charge is 0.335 e. The molecule has 60 heavy (non-hydrogen) atoms. The summed E-state index contributed by atoms with van der Waals surface area (Å²) >= 11 is 0. The number of aliphatic hydroxyl groups is 9. The lowest BCUT2D eigenvalue weighted by molar-refractivity contribution is -0.379. The maximum atomic E-state index is 12.2. The van der Waals surface area contributed by atoms with Crippen LogP contribution in [0.15, 0.2) is 0 Å². The summed E-state index contributed by atoms with van der Waals surface area (Å²) in [6.45, 7) is 10.2. The topological polar surface area (TPSA) is 434 Å². The Balaban J connectivity index is 0.00000126. The monoisotopic (exact) mass is 880 g/mol. The van der Waals surface area contributed by atoms with Crippen molar-refractivity contribution >= 4 is 23.9 Å². The molecule has 4 aliphatic rings. The molecule has 0 aromatic heterocycles. The van der Waals surface area contributed by atoms with Crippen LogP contribution in [0.3, 0.4) is 0 Å². The van der Waals surface area contributed by atoms with Crippen molar-refractivity contribution in [1.82, 2.24) is 4.90 Å².